The molecule has 0 aromatic rings. The molecule has 0 radical (unpaired) electrons. The van der Waals surface area contributed by atoms with Crippen molar-refractivity contribution in [3.8, 4) is 0 Å². The van der Waals surface area contributed by atoms with Crippen LogP contribution in [-0.4, -0.2) is 18.5 Å². The van der Waals surface area contributed by atoms with E-state index >= 15 is 0 Å². The van der Waals surface area contributed by atoms with Crippen LogP contribution < -0.4 is 11.1 Å². The maximum atomic E-state index is 11.9. The maximum absolute atomic E-state index is 11.9. The zero-order valence-electron chi connectivity index (χ0n) is 10.1. The van der Waals surface area contributed by atoms with Crippen LogP contribution in [0.4, 0.5) is 0 Å². The Hall–Kier alpha value is -0.570. The molecular weight excluding hydrogens is 200 g/mol. The van der Waals surface area contributed by atoms with Gasteiger partial charge >= 0.3 is 0 Å². The van der Waals surface area contributed by atoms with Crippen LogP contribution in [0.1, 0.15) is 51.4 Å². The number of hydrogen-bond donors (Lipinski definition) is 2. The molecule has 92 valence electrons. The van der Waals surface area contributed by atoms with E-state index in [4.69, 9.17) is 5.73 Å². The number of rotatable bonds is 3. The van der Waals surface area contributed by atoms with E-state index in [1.54, 1.807) is 0 Å². The zero-order chi connectivity index (χ0) is 11.4. The van der Waals surface area contributed by atoms with E-state index in [-0.39, 0.29) is 17.9 Å². The number of hydrogen-bond acceptors (Lipinski definition) is 2. The number of amides is 1. The van der Waals surface area contributed by atoms with Gasteiger partial charge in [-0.15, -0.1) is 0 Å². The monoisotopic (exact) mass is 224 g/mol. The Balaban J connectivity index is 1.70. The summed E-state index contributed by atoms with van der Waals surface area (Å²) in [7, 11) is 0. The Kier molecular flexibility index (Phi) is 4.22. The first kappa shape index (κ1) is 11.9. The maximum Gasteiger partial charge on any atom is 0.224 e. The summed E-state index contributed by atoms with van der Waals surface area (Å²) in [6.07, 6.45) is 9.74. The van der Waals surface area contributed by atoms with E-state index in [0.717, 1.165) is 31.7 Å². The second kappa shape index (κ2) is 5.67. The minimum absolute atomic E-state index is 0.0867. The Labute approximate surface area is 98.2 Å². The molecule has 1 amide bonds. The highest BCUT2D eigenvalue weighted by Gasteiger charge is 2.30. The zero-order valence-corrected chi connectivity index (χ0v) is 10.1. The Morgan fingerprint density at radius 2 is 1.81 bits per heavy atom. The van der Waals surface area contributed by atoms with Crippen LogP contribution in [-0.2, 0) is 4.79 Å². The number of carbonyl (C=O) groups is 1. The highest BCUT2D eigenvalue weighted by Crippen LogP contribution is 2.25. The number of nitrogens with one attached hydrogen (secondary N) is 1. The molecule has 0 aromatic heterocycles. The van der Waals surface area contributed by atoms with Crippen LogP contribution in [0, 0.1) is 11.8 Å². The molecule has 2 saturated carbocycles. The molecular formula is C13H24N2O. The van der Waals surface area contributed by atoms with Crippen molar-refractivity contribution >= 4 is 5.91 Å². The third-order valence-electron chi connectivity index (χ3n) is 4.20. The topological polar surface area (TPSA) is 55.1 Å². The van der Waals surface area contributed by atoms with Gasteiger partial charge in [0.25, 0.3) is 0 Å². The summed E-state index contributed by atoms with van der Waals surface area (Å²) in [5, 5.41) is 3.11. The van der Waals surface area contributed by atoms with Crippen molar-refractivity contribution in [2.24, 2.45) is 17.6 Å². The molecule has 0 heterocycles. The summed E-state index contributed by atoms with van der Waals surface area (Å²) in [4.78, 5) is 11.9. The summed E-state index contributed by atoms with van der Waals surface area (Å²) in [6, 6.07) is 0.103. The molecule has 0 aliphatic heterocycles. The van der Waals surface area contributed by atoms with Crippen LogP contribution in [0.25, 0.3) is 0 Å². The molecule has 2 aliphatic carbocycles. The van der Waals surface area contributed by atoms with E-state index in [9.17, 15) is 4.79 Å². The largest absolute Gasteiger partial charge is 0.356 e. The van der Waals surface area contributed by atoms with Gasteiger partial charge in [0.15, 0.2) is 0 Å². The van der Waals surface area contributed by atoms with E-state index in [1.165, 1.54) is 32.1 Å². The normalized spacial score (nSPS) is 31.6. The lowest BCUT2D eigenvalue weighted by Gasteiger charge is -2.23. The molecule has 3 N–H and O–H groups in total. The van der Waals surface area contributed by atoms with Gasteiger partial charge < -0.3 is 11.1 Å². The summed E-state index contributed by atoms with van der Waals surface area (Å²) in [5.41, 5.74) is 5.93. The smallest absolute Gasteiger partial charge is 0.224 e. The highest BCUT2D eigenvalue weighted by atomic mass is 16.1. The third kappa shape index (κ3) is 2.97. The summed E-state index contributed by atoms with van der Waals surface area (Å²) in [5.74, 6) is 1.01. The van der Waals surface area contributed by atoms with Gasteiger partial charge in [-0.1, -0.05) is 25.7 Å². The van der Waals surface area contributed by atoms with Gasteiger partial charge in [0, 0.05) is 12.6 Å². The molecule has 0 aromatic carbocycles. The first-order valence-electron chi connectivity index (χ1n) is 6.80. The van der Waals surface area contributed by atoms with E-state index < -0.39 is 0 Å². The molecule has 2 rings (SSSR count). The Morgan fingerprint density at radius 1 is 1.06 bits per heavy atom. The van der Waals surface area contributed by atoms with Crippen molar-refractivity contribution in [1.29, 1.82) is 0 Å². The predicted octanol–water partition coefficient (Wildman–Crippen LogP) is 1.81. The van der Waals surface area contributed by atoms with Gasteiger partial charge in [0.05, 0.1) is 5.92 Å². The lowest BCUT2D eigenvalue weighted by Crippen LogP contribution is -2.40. The Morgan fingerprint density at radius 3 is 2.44 bits per heavy atom. The van der Waals surface area contributed by atoms with Crippen molar-refractivity contribution in [2.75, 3.05) is 6.54 Å². The molecule has 2 unspecified atom stereocenters. The van der Waals surface area contributed by atoms with Gasteiger partial charge in [-0.2, -0.15) is 0 Å². The number of carbonyl (C=O) groups excluding carboxylic acids is 1. The van der Waals surface area contributed by atoms with Crippen molar-refractivity contribution in [2.45, 2.75) is 57.4 Å². The molecule has 2 fully saturated rings. The Bertz CT molecular complexity index is 236. The fourth-order valence-electron chi connectivity index (χ4n) is 3.08. The van der Waals surface area contributed by atoms with E-state index in [0.29, 0.717) is 0 Å². The minimum atomic E-state index is 0.0867. The van der Waals surface area contributed by atoms with Crippen LogP contribution >= 0.6 is 0 Å². The van der Waals surface area contributed by atoms with Crippen LogP contribution in [0.3, 0.4) is 0 Å². The molecule has 3 heteroatoms. The van der Waals surface area contributed by atoms with Crippen molar-refractivity contribution in [3.63, 3.8) is 0 Å². The van der Waals surface area contributed by atoms with Gasteiger partial charge in [0.2, 0.25) is 5.91 Å². The summed E-state index contributed by atoms with van der Waals surface area (Å²) in [6.45, 7) is 0.877. The SMILES string of the molecule is NC1CCCC1C(=O)NCC1CCCCC1. The average molecular weight is 224 g/mol. The van der Waals surface area contributed by atoms with Crippen molar-refractivity contribution in [3.05, 3.63) is 0 Å². The summed E-state index contributed by atoms with van der Waals surface area (Å²) < 4.78 is 0. The summed E-state index contributed by atoms with van der Waals surface area (Å²) >= 11 is 0. The molecule has 2 atom stereocenters. The van der Waals surface area contributed by atoms with Crippen molar-refractivity contribution in [1.82, 2.24) is 5.32 Å². The van der Waals surface area contributed by atoms with Gasteiger partial charge in [-0.25, -0.2) is 0 Å². The standard InChI is InChI=1S/C13H24N2O/c14-12-8-4-7-11(12)13(16)15-9-10-5-2-1-3-6-10/h10-12H,1-9,14H2,(H,15,16). The lowest BCUT2D eigenvalue weighted by atomic mass is 9.89. The van der Waals surface area contributed by atoms with Gasteiger partial charge in [-0.05, 0) is 31.6 Å². The first-order chi connectivity index (χ1) is 7.77. The van der Waals surface area contributed by atoms with Gasteiger partial charge in [-0.3, -0.25) is 4.79 Å². The lowest BCUT2D eigenvalue weighted by molar-refractivity contribution is -0.125. The van der Waals surface area contributed by atoms with Crippen LogP contribution in [0.15, 0.2) is 0 Å². The fraction of sp³-hybridized carbons (Fsp3) is 0.923. The second-order valence-electron chi connectivity index (χ2n) is 5.45. The van der Waals surface area contributed by atoms with Crippen molar-refractivity contribution < 1.29 is 4.79 Å². The molecule has 0 bridgehead atoms. The van der Waals surface area contributed by atoms with Crippen LogP contribution in [0.5, 0.6) is 0 Å². The first-order valence-corrected chi connectivity index (χ1v) is 6.80. The van der Waals surface area contributed by atoms with E-state index in [2.05, 4.69) is 5.32 Å². The minimum Gasteiger partial charge on any atom is -0.356 e. The highest BCUT2D eigenvalue weighted by molar-refractivity contribution is 5.79. The second-order valence-corrected chi connectivity index (χ2v) is 5.45. The molecule has 0 spiro atoms. The molecule has 16 heavy (non-hydrogen) atoms. The van der Waals surface area contributed by atoms with Gasteiger partial charge in [0.1, 0.15) is 0 Å². The number of nitrogens with two attached hydrogens (primary N) is 1. The molecule has 3 nitrogen and oxygen atoms in total. The average Bonchev–Trinajstić information content (AvgIpc) is 2.74. The van der Waals surface area contributed by atoms with E-state index in [1.807, 2.05) is 0 Å². The molecule has 0 saturated heterocycles. The predicted molar refractivity (Wildman–Crippen MR) is 64.9 cm³/mol. The fourth-order valence-corrected chi connectivity index (χ4v) is 3.08. The molecule has 2 aliphatic rings. The third-order valence-corrected chi connectivity index (χ3v) is 4.20. The van der Waals surface area contributed by atoms with Crippen LogP contribution in [0.2, 0.25) is 0 Å². The quantitative estimate of drug-likeness (QED) is 0.768.